The third kappa shape index (κ3) is 129. The number of hydrogen-bond donors (Lipinski definition) is 0. The van der Waals surface area contributed by atoms with Gasteiger partial charge in [-0.2, -0.15) is 7.82 Å². The largest absolute Gasteiger partial charge is 2.00 e. The van der Waals surface area contributed by atoms with Gasteiger partial charge in [0.2, 0.25) is 0 Å². The van der Waals surface area contributed by atoms with Crippen molar-refractivity contribution in [2.24, 2.45) is 0 Å². The summed E-state index contributed by atoms with van der Waals surface area (Å²) in [5.74, 6) is 0. The van der Waals surface area contributed by atoms with Gasteiger partial charge in [0.15, 0.2) is 0 Å². The predicted octanol–water partition coefficient (Wildman–Crippen LogP) is -5.81. The first-order chi connectivity index (χ1) is 3.50. The zero-order valence-electron chi connectivity index (χ0n) is 5.26. The van der Waals surface area contributed by atoms with Gasteiger partial charge in [-0.15, -0.1) is 0 Å². The van der Waals surface area contributed by atoms with E-state index >= 15 is 0 Å². The number of phosphoric acid groups is 1. The fourth-order valence-electron chi connectivity index (χ4n) is 0. The average molecular weight is 202 g/mol. The van der Waals surface area contributed by atoms with Gasteiger partial charge in [-0.05, 0) is 0 Å². The van der Waals surface area contributed by atoms with Crippen LogP contribution in [-0.2, 0) is 26.4 Å². The van der Waals surface area contributed by atoms with E-state index in [9.17, 15) is 0 Å². The minimum Gasteiger partial charge on any atom is -0.822 e. The molecule has 0 aliphatic carbocycles. The van der Waals surface area contributed by atoms with Gasteiger partial charge in [-0.1, -0.05) is 0 Å². The standard InChI is InChI=1S/C2H4O.Fe.Li.H3O4P/c1-2-3-1;;;1-5(2,3)4/h1-2H2;;;(H3,1,2,3,4)/q;+2;+1;/p-3. The van der Waals surface area contributed by atoms with Crippen LogP contribution in [0.15, 0.2) is 0 Å². The maximum atomic E-state index is 8.55. The second-order valence-corrected chi connectivity index (χ2v) is 1.95. The molecule has 0 atom stereocenters. The molecular weight excluding hydrogens is 198 g/mol. The van der Waals surface area contributed by atoms with E-state index in [0.29, 0.717) is 0 Å². The van der Waals surface area contributed by atoms with E-state index in [0.717, 1.165) is 13.2 Å². The van der Waals surface area contributed by atoms with Crippen molar-refractivity contribution < 1.29 is 59.9 Å². The van der Waals surface area contributed by atoms with Gasteiger partial charge in [0.05, 0.1) is 13.2 Å². The summed E-state index contributed by atoms with van der Waals surface area (Å²) in [5, 5.41) is 0. The van der Waals surface area contributed by atoms with E-state index in [-0.39, 0.29) is 35.9 Å². The molecule has 0 radical (unpaired) electrons. The summed E-state index contributed by atoms with van der Waals surface area (Å²) in [7, 11) is -5.39. The normalized spacial score (nSPS) is 13.1. The van der Waals surface area contributed by atoms with Crippen LogP contribution in [-0.4, -0.2) is 13.2 Å². The number of hydrogen-bond acceptors (Lipinski definition) is 5. The quantitative estimate of drug-likeness (QED) is 0.221. The van der Waals surface area contributed by atoms with Crippen LogP contribution in [0.2, 0.25) is 0 Å². The van der Waals surface area contributed by atoms with Gasteiger partial charge in [-0.25, -0.2) is 0 Å². The third-order valence-electron chi connectivity index (χ3n) is 0.204. The molecule has 1 saturated heterocycles. The van der Waals surface area contributed by atoms with Crippen molar-refractivity contribution in [2.45, 2.75) is 0 Å². The fraction of sp³-hybridized carbons (Fsp3) is 1.00. The van der Waals surface area contributed by atoms with Crippen molar-refractivity contribution in [1.29, 1.82) is 0 Å². The zero-order valence-corrected chi connectivity index (χ0v) is 7.25. The van der Waals surface area contributed by atoms with Crippen LogP contribution < -0.4 is 33.5 Å². The van der Waals surface area contributed by atoms with Crippen LogP contribution in [0.5, 0.6) is 0 Å². The van der Waals surface area contributed by atoms with Crippen LogP contribution in [0.1, 0.15) is 0 Å². The van der Waals surface area contributed by atoms with Gasteiger partial charge in [-0.3, -0.25) is 0 Å². The van der Waals surface area contributed by atoms with E-state index in [4.69, 9.17) is 19.2 Å². The van der Waals surface area contributed by atoms with Gasteiger partial charge >= 0.3 is 35.9 Å². The second kappa shape index (κ2) is 8.29. The Kier molecular flexibility index (Phi) is 14.3. The number of ether oxygens (including phenoxy) is 1. The van der Waals surface area contributed by atoms with Gasteiger partial charge in [0.1, 0.15) is 0 Å². The molecule has 0 aromatic rings. The minimum absolute atomic E-state index is 0. The molecule has 1 fully saturated rings. The predicted molar refractivity (Wildman–Crippen MR) is 18.4 cm³/mol. The van der Waals surface area contributed by atoms with Crippen molar-refractivity contribution in [1.82, 2.24) is 0 Å². The molecule has 0 unspecified atom stereocenters. The molecular formula is C2H4FeLiO5P. The van der Waals surface area contributed by atoms with Crippen LogP contribution in [0.4, 0.5) is 0 Å². The smallest absolute Gasteiger partial charge is 0.822 e. The molecule has 0 aromatic heterocycles. The summed E-state index contributed by atoms with van der Waals surface area (Å²) >= 11 is 0. The molecule has 1 aliphatic rings. The van der Waals surface area contributed by atoms with E-state index in [1.807, 2.05) is 0 Å². The summed E-state index contributed by atoms with van der Waals surface area (Å²) in [6.45, 7) is 2.00. The first kappa shape index (κ1) is 17.3. The van der Waals surface area contributed by atoms with Crippen molar-refractivity contribution in [2.75, 3.05) is 13.2 Å². The first-order valence-electron chi connectivity index (χ1n) is 1.81. The second-order valence-electron chi connectivity index (χ2n) is 1.06. The van der Waals surface area contributed by atoms with Crippen LogP contribution >= 0.6 is 7.82 Å². The van der Waals surface area contributed by atoms with Crippen LogP contribution in [0.25, 0.3) is 0 Å². The third-order valence-corrected chi connectivity index (χ3v) is 0.204. The van der Waals surface area contributed by atoms with E-state index < -0.39 is 7.82 Å². The summed E-state index contributed by atoms with van der Waals surface area (Å²) in [5.41, 5.74) is 0. The molecule has 5 nitrogen and oxygen atoms in total. The fourth-order valence-corrected chi connectivity index (χ4v) is 0. The molecule has 0 amide bonds. The minimum atomic E-state index is -5.39. The summed E-state index contributed by atoms with van der Waals surface area (Å²) < 4.78 is 13.0. The Hall–Kier alpha value is 1.19. The van der Waals surface area contributed by atoms with Crippen molar-refractivity contribution in [3.05, 3.63) is 0 Å². The van der Waals surface area contributed by atoms with Crippen LogP contribution in [0, 0.1) is 0 Å². The summed E-state index contributed by atoms with van der Waals surface area (Å²) in [4.78, 5) is 25.6. The molecule has 10 heavy (non-hydrogen) atoms. The Balaban J connectivity index is -0.0000000860. The molecule has 0 spiro atoms. The Morgan fingerprint density at radius 2 is 1.30 bits per heavy atom. The molecule has 0 N–H and O–H groups in total. The Bertz CT molecular complexity index is 90.8. The Morgan fingerprint density at radius 1 is 1.20 bits per heavy atom. The Morgan fingerprint density at radius 3 is 1.30 bits per heavy atom. The molecule has 1 rings (SSSR count). The number of epoxide rings is 1. The van der Waals surface area contributed by atoms with Gasteiger partial charge < -0.3 is 24.0 Å². The van der Waals surface area contributed by atoms with E-state index in [2.05, 4.69) is 4.74 Å². The Labute approximate surface area is 81.0 Å². The maximum Gasteiger partial charge on any atom is 2.00 e. The molecule has 0 saturated carbocycles. The van der Waals surface area contributed by atoms with E-state index in [1.54, 1.807) is 0 Å². The molecule has 1 heterocycles. The van der Waals surface area contributed by atoms with Crippen molar-refractivity contribution in [3.63, 3.8) is 0 Å². The molecule has 0 aromatic carbocycles. The molecule has 0 bridgehead atoms. The number of rotatable bonds is 0. The van der Waals surface area contributed by atoms with Gasteiger partial charge in [0, 0.05) is 0 Å². The molecule has 8 heteroatoms. The SMILES string of the molecule is C1CO1.O=P([O-])([O-])[O-].[Fe+2].[Li+]. The average Bonchev–Trinajstić information content (AvgIpc) is 1.95. The molecule has 56 valence electrons. The summed E-state index contributed by atoms with van der Waals surface area (Å²) in [6.07, 6.45) is 0. The van der Waals surface area contributed by atoms with E-state index in [1.165, 1.54) is 0 Å². The maximum absolute atomic E-state index is 8.55. The van der Waals surface area contributed by atoms with Gasteiger partial charge in [0.25, 0.3) is 0 Å². The zero-order chi connectivity index (χ0) is 6.62. The topological polar surface area (TPSA) is 98.8 Å². The first-order valence-corrected chi connectivity index (χ1v) is 3.27. The monoisotopic (exact) mass is 202 g/mol. The van der Waals surface area contributed by atoms with Crippen molar-refractivity contribution in [3.8, 4) is 0 Å². The van der Waals surface area contributed by atoms with Crippen molar-refractivity contribution >= 4 is 7.82 Å². The molecule has 1 aliphatic heterocycles. The summed E-state index contributed by atoms with van der Waals surface area (Å²) in [6, 6.07) is 0. The van der Waals surface area contributed by atoms with Crippen LogP contribution in [0.3, 0.4) is 0 Å².